The number of rotatable bonds is 3. The SMILES string of the molecule is CCc1ccc(N2C(=O)NC(=O)/C(=C/c3cccc(F)c3)C2=O)cc1. The lowest BCUT2D eigenvalue weighted by Gasteiger charge is -2.26. The summed E-state index contributed by atoms with van der Waals surface area (Å²) in [4.78, 5) is 37.7. The van der Waals surface area contributed by atoms with E-state index in [4.69, 9.17) is 0 Å². The van der Waals surface area contributed by atoms with Crippen molar-refractivity contribution in [2.24, 2.45) is 0 Å². The first-order valence-electron chi connectivity index (χ1n) is 7.75. The standard InChI is InChI=1S/C19H15FN2O3/c1-2-12-6-8-15(9-7-12)22-18(24)16(17(23)21-19(22)25)11-13-4-3-5-14(20)10-13/h3-11H,2H2,1H3,(H,21,23,25)/b16-11-. The second-order valence-corrected chi connectivity index (χ2v) is 5.53. The molecule has 0 radical (unpaired) electrons. The Balaban J connectivity index is 1.99. The van der Waals surface area contributed by atoms with Gasteiger partial charge in [-0.05, 0) is 47.9 Å². The Morgan fingerprint density at radius 1 is 1.08 bits per heavy atom. The zero-order valence-corrected chi connectivity index (χ0v) is 13.5. The number of benzene rings is 2. The highest BCUT2D eigenvalue weighted by Crippen LogP contribution is 2.22. The van der Waals surface area contributed by atoms with Gasteiger partial charge in [-0.1, -0.05) is 31.2 Å². The van der Waals surface area contributed by atoms with Gasteiger partial charge in [0.15, 0.2) is 0 Å². The van der Waals surface area contributed by atoms with Crippen LogP contribution >= 0.6 is 0 Å². The van der Waals surface area contributed by atoms with E-state index in [9.17, 15) is 18.8 Å². The molecule has 6 heteroatoms. The number of carbonyl (C=O) groups excluding carboxylic acids is 3. The molecule has 126 valence electrons. The average molecular weight is 338 g/mol. The highest BCUT2D eigenvalue weighted by atomic mass is 19.1. The van der Waals surface area contributed by atoms with Crippen LogP contribution < -0.4 is 10.2 Å². The highest BCUT2D eigenvalue weighted by Gasteiger charge is 2.36. The van der Waals surface area contributed by atoms with Crippen molar-refractivity contribution in [3.05, 3.63) is 71.0 Å². The summed E-state index contributed by atoms with van der Waals surface area (Å²) in [6, 6.07) is 11.6. The molecular weight excluding hydrogens is 323 g/mol. The summed E-state index contributed by atoms with van der Waals surface area (Å²) in [5.74, 6) is -2.04. The van der Waals surface area contributed by atoms with Gasteiger partial charge in [0.25, 0.3) is 11.8 Å². The maximum absolute atomic E-state index is 13.3. The fourth-order valence-corrected chi connectivity index (χ4v) is 2.54. The molecule has 1 N–H and O–H groups in total. The molecule has 0 saturated carbocycles. The first kappa shape index (κ1) is 16.6. The highest BCUT2D eigenvalue weighted by molar-refractivity contribution is 6.39. The predicted octanol–water partition coefficient (Wildman–Crippen LogP) is 3.05. The van der Waals surface area contributed by atoms with Crippen LogP contribution in [0.25, 0.3) is 6.08 Å². The van der Waals surface area contributed by atoms with Crippen molar-refractivity contribution >= 4 is 29.6 Å². The van der Waals surface area contributed by atoms with Crippen LogP contribution in [0.5, 0.6) is 0 Å². The molecule has 1 fully saturated rings. The van der Waals surface area contributed by atoms with Crippen molar-refractivity contribution in [1.29, 1.82) is 0 Å². The minimum atomic E-state index is -0.810. The van der Waals surface area contributed by atoms with Crippen LogP contribution in [0.4, 0.5) is 14.9 Å². The normalized spacial score (nSPS) is 16.3. The number of barbiturate groups is 1. The second-order valence-electron chi connectivity index (χ2n) is 5.53. The Labute approximate surface area is 143 Å². The summed E-state index contributed by atoms with van der Waals surface area (Å²) >= 11 is 0. The summed E-state index contributed by atoms with van der Waals surface area (Å²) in [6.45, 7) is 1.99. The molecule has 5 nitrogen and oxygen atoms in total. The van der Waals surface area contributed by atoms with Crippen molar-refractivity contribution in [2.45, 2.75) is 13.3 Å². The molecule has 1 aliphatic rings. The van der Waals surface area contributed by atoms with Crippen LogP contribution in [0, 0.1) is 5.82 Å². The number of hydrogen-bond donors (Lipinski definition) is 1. The zero-order valence-electron chi connectivity index (χ0n) is 13.5. The van der Waals surface area contributed by atoms with E-state index in [1.165, 1.54) is 24.3 Å². The molecule has 2 aromatic carbocycles. The lowest BCUT2D eigenvalue weighted by atomic mass is 10.1. The maximum Gasteiger partial charge on any atom is 0.335 e. The van der Waals surface area contributed by atoms with Gasteiger partial charge < -0.3 is 0 Å². The number of nitrogens with one attached hydrogen (secondary N) is 1. The summed E-state index contributed by atoms with van der Waals surface area (Å²) in [6.07, 6.45) is 2.09. The third-order valence-corrected chi connectivity index (χ3v) is 3.86. The second kappa shape index (κ2) is 6.68. The fourth-order valence-electron chi connectivity index (χ4n) is 2.54. The molecular formula is C19H15FN2O3. The Bertz CT molecular complexity index is 888. The molecule has 0 atom stereocenters. The Kier molecular flexibility index (Phi) is 4.43. The third-order valence-electron chi connectivity index (χ3n) is 3.86. The van der Waals surface area contributed by atoms with E-state index in [1.807, 2.05) is 19.1 Å². The largest absolute Gasteiger partial charge is 0.335 e. The van der Waals surface area contributed by atoms with E-state index in [1.54, 1.807) is 18.2 Å². The van der Waals surface area contributed by atoms with Crippen molar-refractivity contribution in [2.75, 3.05) is 4.90 Å². The average Bonchev–Trinajstić information content (AvgIpc) is 2.59. The Hall–Kier alpha value is -3.28. The third kappa shape index (κ3) is 3.33. The van der Waals surface area contributed by atoms with E-state index in [0.29, 0.717) is 11.3 Å². The van der Waals surface area contributed by atoms with Gasteiger partial charge in [-0.15, -0.1) is 0 Å². The van der Waals surface area contributed by atoms with Gasteiger partial charge in [0.2, 0.25) is 0 Å². The number of aryl methyl sites for hydroxylation is 1. The number of carbonyl (C=O) groups is 3. The molecule has 0 spiro atoms. The number of halogens is 1. The van der Waals surface area contributed by atoms with Crippen LogP contribution in [-0.2, 0) is 16.0 Å². The monoisotopic (exact) mass is 338 g/mol. The molecule has 2 aromatic rings. The number of imide groups is 2. The fraction of sp³-hybridized carbons (Fsp3) is 0.105. The van der Waals surface area contributed by atoms with Crippen LogP contribution in [0.1, 0.15) is 18.1 Å². The van der Waals surface area contributed by atoms with Crippen LogP contribution in [0.2, 0.25) is 0 Å². The predicted molar refractivity (Wildman–Crippen MR) is 91.2 cm³/mol. The van der Waals surface area contributed by atoms with Crippen LogP contribution in [0.15, 0.2) is 54.1 Å². The van der Waals surface area contributed by atoms with Gasteiger partial charge in [-0.25, -0.2) is 14.1 Å². The summed E-state index contributed by atoms with van der Waals surface area (Å²) in [5, 5.41) is 2.14. The summed E-state index contributed by atoms with van der Waals surface area (Å²) < 4.78 is 13.3. The minimum Gasteiger partial charge on any atom is -0.273 e. The van der Waals surface area contributed by atoms with Gasteiger partial charge in [0.1, 0.15) is 11.4 Å². The molecule has 1 heterocycles. The summed E-state index contributed by atoms with van der Waals surface area (Å²) in [7, 11) is 0. The van der Waals surface area contributed by atoms with Gasteiger partial charge in [-0.2, -0.15) is 0 Å². The Morgan fingerprint density at radius 2 is 1.80 bits per heavy atom. The molecule has 3 rings (SSSR count). The minimum absolute atomic E-state index is 0.232. The number of nitrogens with zero attached hydrogens (tertiary/aromatic N) is 1. The van der Waals surface area contributed by atoms with E-state index in [-0.39, 0.29) is 5.57 Å². The maximum atomic E-state index is 13.3. The van der Waals surface area contributed by atoms with Crippen LogP contribution in [-0.4, -0.2) is 17.8 Å². The van der Waals surface area contributed by atoms with Crippen molar-refractivity contribution in [3.8, 4) is 0 Å². The molecule has 25 heavy (non-hydrogen) atoms. The molecule has 0 aromatic heterocycles. The molecule has 1 aliphatic heterocycles. The molecule has 1 saturated heterocycles. The van der Waals surface area contributed by atoms with Gasteiger partial charge in [0, 0.05) is 0 Å². The van der Waals surface area contributed by atoms with E-state index in [2.05, 4.69) is 5.32 Å². The smallest absolute Gasteiger partial charge is 0.273 e. The lowest BCUT2D eigenvalue weighted by Crippen LogP contribution is -2.54. The summed E-state index contributed by atoms with van der Waals surface area (Å²) in [5.41, 5.74) is 1.54. The van der Waals surface area contributed by atoms with Crippen LogP contribution in [0.3, 0.4) is 0 Å². The number of amides is 4. The van der Waals surface area contributed by atoms with Crippen molar-refractivity contribution in [3.63, 3.8) is 0 Å². The molecule has 0 aliphatic carbocycles. The van der Waals surface area contributed by atoms with E-state index < -0.39 is 23.7 Å². The number of anilines is 1. The van der Waals surface area contributed by atoms with Crippen molar-refractivity contribution in [1.82, 2.24) is 5.32 Å². The van der Waals surface area contributed by atoms with Gasteiger partial charge >= 0.3 is 6.03 Å². The van der Waals surface area contributed by atoms with Gasteiger partial charge in [-0.3, -0.25) is 14.9 Å². The Morgan fingerprint density at radius 3 is 2.44 bits per heavy atom. The molecule has 0 bridgehead atoms. The van der Waals surface area contributed by atoms with E-state index >= 15 is 0 Å². The first-order valence-corrected chi connectivity index (χ1v) is 7.75. The number of hydrogen-bond acceptors (Lipinski definition) is 3. The van der Waals surface area contributed by atoms with Gasteiger partial charge in [0.05, 0.1) is 5.69 Å². The lowest BCUT2D eigenvalue weighted by molar-refractivity contribution is -0.122. The molecule has 0 unspecified atom stereocenters. The van der Waals surface area contributed by atoms with E-state index in [0.717, 1.165) is 16.9 Å². The van der Waals surface area contributed by atoms with Crippen molar-refractivity contribution < 1.29 is 18.8 Å². The molecule has 4 amide bonds. The first-order chi connectivity index (χ1) is 12.0. The zero-order chi connectivity index (χ0) is 18.0. The number of urea groups is 1. The quantitative estimate of drug-likeness (QED) is 0.691. The topological polar surface area (TPSA) is 66.5 Å².